The summed E-state index contributed by atoms with van der Waals surface area (Å²) in [5, 5.41) is 2.83. The average Bonchev–Trinajstić information content (AvgIpc) is 2.27. The van der Waals surface area contributed by atoms with Gasteiger partial charge in [-0.3, -0.25) is 4.79 Å². The first-order chi connectivity index (χ1) is 8.57. The van der Waals surface area contributed by atoms with Crippen molar-refractivity contribution in [2.45, 2.75) is 37.6 Å². The molecule has 0 aliphatic carbocycles. The third kappa shape index (κ3) is 4.47. The molecule has 4 nitrogen and oxygen atoms in total. The Hall–Kier alpha value is -0.590. The van der Waals surface area contributed by atoms with E-state index >= 15 is 0 Å². The van der Waals surface area contributed by atoms with Gasteiger partial charge in [0, 0.05) is 26.3 Å². The van der Waals surface area contributed by atoms with Crippen LogP contribution in [-0.2, 0) is 9.05 Å². The lowest BCUT2D eigenvalue weighted by Crippen LogP contribution is -2.42. The molecule has 0 aliphatic rings. The van der Waals surface area contributed by atoms with Crippen LogP contribution in [0.15, 0.2) is 27.6 Å². The predicted molar refractivity (Wildman–Crippen MR) is 79.0 cm³/mol. The third-order valence-corrected chi connectivity index (χ3v) is 5.11. The minimum atomic E-state index is -3.89. The first-order valence-corrected chi connectivity index (χ1v) is 8.74. The van der Waals surface area contributed by atoms with Gasteiger partial charge in [-0.2, -0.15) is 0 Å². The first-order valence-electron chi connectivity index (χ1n) is 5.63. The van der Waals surface area contributed by atoms with Crippen molar-refractivity contribution in [1.29, 1.82) is 0 Å². The van der Waals surface area contributed by atoms with Crippen LogP contribution in [-0.4, -0.2) is 19.9 Å². The van der Waals surface area contributed by atoms with Crippen LogP contribution in [0, 0.1) is 0 Å². The molecule has 0 spiro atoms. The van der Waals surface area contributed by atoms with E-state index in [1.165, 1.54) is 18.2 Å². The van der Waals surface area contributed by atoms with E-state index in [-0.39, 0.29) is 21.9 Å². The molecule has 0 bridgehead atoms. The monoisotopic (exact) mass is 367 g/mol. The summed E-state index contributed by atoms with van der Waals surface area (Å²) in [5.74, 6) is -0.332. The Labute approximate surface area is 126 Å². The van der Waals surface area contributed by atoms with Gasteiger partial charge in [-0.05, 0) is 54.4 Å². The predicted octanol–water partition coefficient (Wildman–Crippen LogP) is 3.30. The van der Waals surface area contributed by atoms with E-state index in [2.05, 4.69) is 21.2 Å². The molecule has 0 aromatic heterocycles. The summed E-state index contributed by atoms with van der Waals surface area (Å²) in [6.45, 7) is 5.74. The van der Waals surface area contributed by atoms with E-state index in [9.17, 15) is 13.2 Å². The molecule has 0 unspecified atom stereocenters. The Balaban J connectivity index is 3.14. The molecule has 0 radical (unpaired) electrons. The summed E-state index contributed by atoms with van der Waals surface area (Å²) >= 11 is 3.10. The molecule has 1 aromatic rings. The number of rotatable bonds is 4. The van der Waals surface area contributed by atoms with Crippen LogP contribution >= 0.6 is 26.6 Å². The van der Waals surface area contributed by atoms with E-state index in [1.54, 1.807) is 0 Å². The Morgan fingerprint density at radius 1 is 1.42 bits per heavy atom. The summed E-state index contributed by atoms with van der Waals surface area (Å²) in [6.07, 6.45) is 0.760. The Kier molecular flexibility index (Phi) is 5.03. The molecular weight excluding hydrogens is 354 g/mol. The molecule has 0 aliphatic heterocycles. The number of halogens is 2. The lowest BCUT2D eigenvalue weighted by atomic mass is 10.0. The van der Waals surface area contributed by atoms with E-state index < -0.39 is 9.05 Å². The van der Waals surface area contributed by atoms with E-state index in [0.717, 1.165) is 6.42 Å². The molecule has 0 heterocycles. The van der Waals surface area contributed by atoms with Crippen molar-refractivity contribution in [2.24, 2.45) is 0 Å². The van der Waals surface area contributed by atoms with Gasteiger partial charge in [0.1, 0.15) is 0 Å². The molecule has 19 heavy (non-hydrogen) atoms. The molecule has 1 aromatic carbocycles. The van der Waals surface area contributed by atoms with Crippen LogP contribution in [0.5, 0.6) is 0 Å². The number of carbonyl (C=O) groups excluding carboxylic acids is 1. The Morgan fingerprint density at radius 2 is 2.00 bits per heavy atom. The summed E-state index contributed by atoms with van der Waals surface area (Å²) in [4.78, 5) is 11.9. The normalized spacial score (nSPS) is 12.3. The van der Waals surface area contributed by atoms with Gasteiger partial charge in [0.25, 0.3) is 15.0 Å². The Bertz CT molecular complexity index is 599. The summed E-state index contributed by atoms with van der Waals surface area (Å²) in [5.41, 5.74) is -0.103. The highest BCUT2D eigenvalue weighted by atomic mass is 79.9. The number of nitrogens with one attached hydrogen (secondary N) is 1. The fourth-order valence-electron chi connectivity index (χ4n) is 1.30. The molecule has 0 fully saturated rings. The van der Waals surface area contributed by atoms with Crippen molar-refractivity contribution in [3.63, 3.8) is 0 Å². The van der Waals surface area contributed by atoms with Crippen LogP contribution in [0.4, 0.5) is 0 Å². The molecule has 106 valence electrons. The maximum atomic E-state index is 12.0. The SMILES string of the molecule is CCC(C)(C)NC(=O)c1ccc(Br)c(S(=O)(=O)Cl)c1. The van der Waals surface area contributed by atoms with Gasteiger partial charge in [-0.15, -0.1) is 0 Å². The number of carbonyl (C=O) groups is 1. The van der Waals surface area contributed by atoms with Gasteiger partial charge in [0.15, 0.2) is 0 Å². The highest BCUT2D eigenvalue weighted by molar-refractivity contribution is 9.10. The van der Waals surface area contributed by atoms with Crippen molar-refractivity contribution >= 4 is 41.6 Å². The van der Waals surface area contributed by atoms with Crippen molar-refractivity contribution in [3.8, 4) is 0 Å². The largest absolute Gasteiger partial charge is 0.347 e. The Morgan fingerprint density at radius 3 is 2.47 bits per heavy atom. The third-order valence-electron chi connectivity index (χ3n) is 2.79. The van der Waals surface area contributed by atoms with Crippen LogP contribution in [0.1, 0.15) is 37.6 Å². The van der Waals surface area contributed by atoms with E-state index in [4.69, 9.17) is 10.7 Å². The lowest BCUT2D eigenvalue weighted by Gasteiger charge is -2.24. The van der Waals surface area contributed by atoms with E-state index in [1.807, 2.05) is 20.8 Å². The summed E-state index contributed by atoms with van der Waals surface area (Å²) in [7, 11) is 1.42. The molecule has 1 rings (SSSR count). The van der Waals surface area contributed by atoms with Crippen molar-refractivity contribution < 1.29 is 13.2 Å². The van der Waals surface area contributed by atoms with Gasteiger partial charge in [0.05, 0.1) is 4.90 Å². The van der Waals surface area contributed by atoms with Crippen molar-refractivity contribution in [1.82, 2.24) is 5.32 Å². The minimum Gasteiger partial charge on any atom is -0.347 e. The van der Waals surface area contributed by atoms with Gasteiger partial charge in [-0.25, -0.2) is 8.42 Å². The van der Waals surface area contributed by atoms with Gasteiger partial charge >= 0.3 is 0 Å². The van der Waals surface area contributed by atoms with Crippen LogP contribution in [0.3, 0.4) is 0 Å². The van der Waals surface area contributed by atoms with Crippen LogP contribution in [0.25, 0.3) is 0 Å². The van der Waals surface area contributed by atoms with Gasteiger partial charge in [-0.1, -0.05) is 6.92 Å². The highest BCUT2D eigenvalue weighted by Crippen LogP contribution is 2.26. The van der Waals surface area contributed by atoms with Gasteiger partial charge < -0.3 is 5.32 Å². The van der Waals surface area contributed by atoms with E-state index in [0.29, 0.717) is 4.47 Å². The second kappa shape index (κ2) is 5.81. The second-order valence-corrected chi connectivity index (χ2v) is 8.16. The minimum absolute atomic E-state index is 0.115. The molecule has 7 heteroatoms. The second-order valence-electron chi connectivity index (χ2n) is 4.77. The maximum Gasteiger partial charge on any atom is 0.262 e. The number of benzene rings is 1. The smallest absolute Gasteiger partial charge is 0.262 e. The fraction of sp³-hybridized carbons (Fsp3) is 0.417. The van der Waals surface area contributed by atoms with Gasteiger partial charge in [0.2, 0.25) is 0 Å². The molecule has 0 saturated carbocycles. The number of hydrogen-bond acceptors (Lipinski definition) is 3. The van der Waals surface area contributed by atoms with Crippen LogP contribution < -0.4 is 5.32 Å². The standard InChI is InChI=1S/C12H15BrClNO3S/c1-4-12(2,3)15-11(16)8-5-6-9(13)10(7-8)19(14,17)18/h5-7H,4H2,1-3H3,(H,15,16). The molecule has 1 N–H and O–H groups in total. The number of amides is 1. The topological polar surface area (TPSA) is 63.2 Å². The number of hydrogen-bond donors (Lipinski definition) is 1. The maximum absolute atomic E-state index is 12.0. The zero-order chi connectivity index (χ0) is 14.8. The van der Waals surface area contributed by atoms with Crippen LogP contribution in [0.2, 0.25) is 0 Å². The zero-order valence-corrected chi connectivity index (χ0v) is 14.0. The first kappa shape index (κ1) is 16.5. The quantitative estimate of drug-likeness (QED) is 0.829. The average molecular weight is 369 g/mol. The van der Waals surface area contributed by atoms with Crippen molar-refractivity contribution in [3.05, 3.63) is 28.2 Å². The highest BCUT2D eigenvalue weighted by Gasteiger charge is 2.21. The zero-order valence-electron chi connectivity index (χ0n) is 10.8. The summed E-state index contributed by atoms with van der Waals surface area (Å²) in [6, 6.07) is 4.29. The lowest BCUT2D eigenvalue weighted by molar-refractivity contribution is 0.0911. The fourth-order valence-corrected chi connectivity index (χ4v) is 3.42. The van der Waals surface area contributed by atoms with Crippen molar-refractivity contribution in [2.75, 3.05) is 0 Å². The molecule has 0 saturated heterocycles. The summed E-state index contributed by atoms with van der Waals surface area (Å²) < 4.78 is 23.1. The molecule has 1 amide bonds. The molecule has 0 atom stereocenters. The molecular formula is C12H15BrClNO3S.